The molecule has 0 amide bonds. The van der Waals surface area contributed by atoms with Crippen molar-refractivity contribution in [3.63, 3.8) is 0 Å². The van der Waals surface area contributed by atoms with Crippen molar-refractivity contribution in [3.05, 3.63) is 23.8 Å². The average Bonchev–Trinajstić information content (AvgIpc) is 2.99. The van der Waals surface area contributed by atoms with Gasteiger partial charge in [0.1, 0.15) is 0 Å². The number of carbonyl (C=O) groups is 2. The fraction of sp³-hybridized carbons (Fsp3) is 0.750. The molecule has 3 fully saturated rings. The van der Waals surface area contributed by atoms with Crippen molar-refractivity contribution < 1.29 is 41.5 Å². The third-order valence-electron chi connectivity index (χ3n) is 9.08. The van der Waals surface area contributed by atoms with Crippen molar-refractivity contribution >= 4 is 33.3 Å². The fourth-order valence-corrected chi connectivity index (χ4v) is 7.94. The minimum absolute atomic E-state index is 0.120. The van der Waals surface area contributed by atoms with Crippen molar-refractivity contribution in [2.75, 3.05) is 25.3 Å². The molecule has 2 N–H and O–H groups in total. The Morgan fingerprint density at radius 3 is 2.60 bits per heavy atom. The quantitative estimate of drug-likeness (QED) is 0.288. The van der Waals surface area contributed by atoms with Crippen LogP contribution in [0.25, 0.3) is 0 Å². The lowest BCUT2D eigenvalue weighted by molar-refractivity contribution is -0.222. The molecule has 196 valence electrons. The SMILES string of the molecule is C[C@]12C=CC(=O)C=C1CC[C@H]1[C@@H]3C[C@@H](OCCOS(C)(=O)=O)[C@](O)(C(=O)CCl)[C@@]3(C)C[C@H](O)C12F. The Bertz CT molecular complexity index is 1090. The summed E-state index contributed by atoms with van der Waals surface area (Å²) in [6, 6.07) is 0. The Morgan fingerprint density at radius 1 is 1.29 bits per heavy atom. The minimum atomic E-state index is -3.70. The summed E-state index contributed by atoms with van der Waals surface area (Å²) < 4.78 is 50.2. The molecule has 0 spiro atoms. The number of allylic oxidation sites excluding steroid dienone is 4. The van der Waals surface area contributed by atoms with E-state index in [0.29, 0.717) is 18.4 Å². The van der Waals surface area contributed by atoms with Crippen molar-refractivity contribution in [1.82, 2.24) is 0 Å². The van der Waals surface area contributed by atoms with Gasteiger partial charge in [-0.25, -0.2) is 4.39 Å². The van der Waals surface area contributed by atoms with Gasteiger partial charge in [-0.2, -0.15) is 8.42 Å². The fourth-order valence-electron chi connectivity index (χ4n) is 7.37. The Hall–Kier alpha value is -1.17. The van der Waals surface area contributed by atoms with Gasteiger partial charge in [-0.15, -0.1) is 11.6 Å². The minimum Gasteiger partial charge on any atom is -0.390 e. The number of hydrogen-bond donors (Lipinski definition) is 2. The summed E-state index contributed by atoms with van der Waals surface area (Å²) in [6.45, 7) is 2.81. The first-order valence-corrected chi connectivity index (χ1v) is 14.1. The van der Waals surface area contributed by atoms with Crippen LogP contribution in [0.2, 0.25) is 0 Å². The first-order valence-electron chi connectivity index (χ1n) is 11.7. The van der Waals surface area contributed by atoms with Gasteiger partial charge >= 0.3 is 0 Å². The maximum absolute atomic E-state index is 17.2. The first-order chi connectivity index (χ1) is 16.1. The number of aliphatic hydroxyl groups excluding tert-OH is 1. The number of ether oxygens (including phenoxy) is 1. The summed E-state index contributed by atoms with van der Waals surface area (Å²) in [5, 5.41) is 23.2. The lowest BCUT2D eigenvalue weighted by Crippen LogP contribution is -2.69. The van der Waals surface area contributed by atoms with Gasteiger partial charge in [-0.3, -0.25) is 13.8 Å². The normalized spacial score (nSPS) is 44.9. The summed E-state index contributed by atoms with van der Waals surface area (Å²) in [4.78, 5) is 25.0. The molecule has 1 unspecified atom stereocenters. The zero-order valence-electron chi connectivity index (χ0n) is 20.0. The summed E-state index contributed by atoms with van der Waals surface area (Å²) in [7, 11) is -3.70. The van der Waals surface area contributed by atoms with E-state index in [1.165, 1.54) is 18.2 Å². The Labute approximate surface area is 209 Å². The van der Waals surface area contributed by atoms with Gasteiger partial charge in [0, 0.05) is 16.7 Å². The summed E-state index contributed by atoms with van der Waals surface area (Å²) in [5.74, 6) is -2.69. The smallest absolute Gasteiger partial charge is 0.264 e. The number of ketones is 2. The second-order valence-corrected chi connectivity index (χ2v) is 12.6. The van der Waals surface area contributed by atoms with E-state index in [-0.39, 0.29) is 31.8 Å². The predicted molar refractivity (Wildman–Crippen MR) is 125 cm³/mol. The molecule has 4 aliphatic carbocycles. The van der Waals surface area contributed by atoms with Gasteiger partial charge in [0.25, 0.3) is 10.1 Å². The number of fused-ring (bicyclic) bond motifs is 5. The van der Waals surface area contributed by atoms with Gasteiger partial charge in [0.2, 0.25) is 0 Å². The molecular weight excluding hydrogens is 503 g/mol. The van der Waals surface area contributed by atoms with E-state index in [9.17, 15) is 28.2 Å². The van der Waals surface area contributed by atoms with Crippen LogP contribution in [0.15, 0.2) is 23.8 Å². The van der Waals surface area contributed by atoms with E-state index in [1.54, 1.807) is 13.8 Å². The molecule has 4 aliphatic rings. The lowest BCUT2D eigenvalue weighted by Gasteiger charge is -2.62. The van der Waals surface area contributed by atoms with E-state index in [2.05, 4.69) is 0 Å². The number of rotatable bonds is 7. The van der Waals surface area contributed by atoms with E-state index >= 15 is 4.39 Å². The zero-order valence-corrected chi connectivity index (χ0v) is 21.6. The predicted octanol–water partition coefficient (Wildman–Crippen LogP) is 1.87. The molecular formula is C24H32ClFO8S. The van der Waals surface area contributed by atoms with Crippen molar-refractivity contribution in [2.45, 2.75) is 63.0 Å². The largest absolute Gasteiger partial charge is 0.390 e. The third-order valence-corrected chi connectivity index (χ3v) is 9.92. The van der Waals surface area contributed by atoms with Crippen LogP contribution in [0.3, 0.4) is 0 Å². The maximum Gasteiger partial charge on any atom is 0.264 e. The second kappa shape index (κ2) is 8.70. The Morgan fingerprint density at radius 2 is 1.97 bits per heavy atom. The molecule has 0 heterocycles. The number of alkyl halides is 2. The molecule has 0 radical (unpaired) electrons. The van der Waals surface area contributed by atoms with E-state index < -0.39 is 67.9 Å². The summed E-state index contributed by atoms with van der Waals surface area (Å²) in [5.41, 5.74) is -6.06. The van der Waals surface area contributed by atoms with Gasteiger partial charge in [0.15, 0.2) is 22.8 Å². The molecule has 3 saturated carbocycles. The van der Waals surface area contributed by atoms with Gasteiger partial charge in [-0.05, 0) is 50.7 Å². The molecule has 0 bridgehead atoms. The lowest BCUT2D eigenvalue weighted by atomic mass is 9.44. The van der Waals surface area contributed by atoms with E-state index in [1.807, 2.05) is 0 Å². The summed E-state index contributed by atoms with van der Waals surface area (Å²) >= 11 is 5.88. The van der Waals surface area contributed by atoms with Crippen LogP contribution >= 0.6 is 11.6 Å². The van der Waals surface area contributed by atoms with Crippen LogP contribution in [0, 0.1) is 22.7 Å². The molecule has 11 heteroatoms. The van der Waals surface area contributed by atoms with Gasteiger partial charge in [-0.1, -0.05) is 18.6 Å². The van der Waals surface area contributed by atoms with E-state index in [0.717, 1.165) is 6.26 Å². The highest BCUT2D eigenvalue weighted by atomic mass is 35.5. The van der Waals surface area contributed by atoms with Gasteiger partial charge < -0.3 is 14.9 Å². The van der Waals surface area contributed by atoms with Crippen molar-refractivity contribution in [2.24, 2.45) is 22.7 Å². The molecule has 35 heavy (non-hydrogen) atoms. The number of aliphatic hydroxyl groups is 2. The zero-order chi connectivity index (χ0) is 26.0. The number of Topliss-reactive ketones (excluding diaryl/α,β-unsaturated/α-hetero) is 1. The maximum atomic E-state index is 17.2. The molecule has 0 aromatic rings. The number of carbonyl (C=O) groups excluding carboxylic acids is 2. The van der Waals surface area contributed by atoms with Crippen molar-refractivity contribution in [3.8, 4) is 0 Å². The number of halogens is 2. The summed E-state index contributed by atoms with van der Waals surface area (Å²) in [6.07, 6.45) is 3.25. The molecule has 0 aromatic carbocycles. The molecule has 4 rings (SSSR count). The Kier molecular flexibility index (Phi) is 6.68. The van der Waals surface area contributed by atoms with Gasteiger partial charge in [0.05, 0.1) is 37.6 Å². The van der Waals surface area contributed by atoms with Crippen LogP contribution < -0.4 is 0 Å². The van der Waals surface area contributed by atoms with Crippen LogP contribution in [-0.4, -0.2) is 79.0 Å². The highest BCUT2D eigenvalue weighted by Crippen LogP contribution is 2.70. The number of hydrogen-bond acceptors (Lipinski definition) is 8. The van der Waals surface area contributed by atoms with Crippen LogP contribution in [0.1, 0.15) is 39.5 Å². The third kappa shape index (κ3) is 3.78. The molecule has 0 aromatic heterocycles. The molecule has 0 aliphatic heterocycles. The standard InChI is InChI=1S/C24H32ClFO8S/c1-21-7-6-15(27)10-14(21)4-5-16-17-11-20(33-8-9-34-35(3,31)32)24(30,19(29)13-25)22(17,2)12-18(28)23(16,21)26/h6-7,10,16-18,20,28,30H,4-5,8-9,11-13H2,1-3H3/t16-,17-,18-,20+,21-,22-,23?,24+/m0/s1. The average molecular weight is 535 g/mol. The molecule has 8 atom stereocenters. The van der Waals surface area contributed by atoms with Crippen LogP contribution in [0.4, 0.5) is 4.39 Å². The highest BCUT2D eigenvalue weighted by molar-refractivity contribution is 7.85. The molecule has 0 saturated heterocycles. The Balaban J connectivity index is 1.71. The van der Waals surface area contributed by atoms with Crippen LogP contribution in [-0.2, 0) is 28.6 Å². The van der Waals surface area contributed by atoms with E-state index in [4.69, 9.17) is 20.5 Å². The van der Waals surface area contributed by atoms with Crippen molar-refractivity contribution in [1.29, 1.82) is 0 Å². The van der Waals surface area contributed by atoms with Crippen LogP contribution in [0.5, 0.6) is 0 Å². The topological polar surface area (TPSA) is 127 Å². The highest BCUT2D eigenvalue weighted by Gasteiger charge is 2.76. The first kappa shape index (κ1) is 26.9. The molecule has 8 nitrogen and oxygen atoms in total. The second-order valence-electron chi connectivity index (χ2n) is 10.7. The monoisotopic (exact) mass is 534 g/mol.